The highest BCUT2D eigenvalue weighted by atomic mass is 79.9. The lowest BCUT2D eigenvalue weighted by Crippen LogP contribution is -2.31. The van der Waals surface area contributed by atoms with Crippen LogP contribution >= 0.6 is 27.3 Å². The Kier molecular flexibility index (Phi) is 5.96. The molecule has 0 bridgehead atoms. The molecule has 0 spiro atoms. The minimum absolute atomic E-state index is 0.370. The van der Waals surface area contributed by atoms with Gasteiger partial charge in [0.05, 0.1) is 26.6 Å². The molecule has 0 fully saturated rings. The fourth-order valence-corrected chi connectivity index (χ4v) is 3.83. The molecule has 1 atom stereocenters. The van der Waals surface area contributed by atoms with E-state index >= 15 is 0 Å². The van der Waals surface area contributed by atoms with Crippen molar-refractivity contribution in [3.8, 4) is 0 Å². The number of rotatable bonds is 7. The van der Waals surface area contributed by atoms with Gasteiger partial charge in [-0.1, -0.05) is 6.92 Å². The number of halogens is 1. The highest BCUT2D eigenvalue weighted by Gasteiger charge is 2.18. The molecule has 4 nitrogen and oxygen atoms in total. The molecule has 0 aliphatic rings. The Morgan fingerprint density at radius 1 is 1.38 bits per heavy atom. The molecule has 0 aliphatic carbocycles. The van der Waals surface area contributed by atoms with E-state index < -0.39 is 0 Å². The molecule has 6 heteroatoms. The zero-order valence-corrected chi connectivity index (χ0v) is 15.5. The molecule has 2 aromatic rings. The third-order valence-corrected chi connectivity index (χ3v) is 5.40. The zero-order chi connectivity index (χ0) is 15.4. The standard InChI is InChI=1S/C15H23BrN4S/c1-5-13-15(16)14(20(6-2)19-13)8-11(17-4)7-12-9-21-10(3)18-12/h9,11,17H,5-8H2,1-4H3. The molecule has 21 heavy (non-hydrogen) atoms. The molecule has 1 unspecified atom stereocenters. The number of likely N-dealkylation sites (N-methyl/N-ethyl adjacent to an activating group) is 1. The summed E-state index contributed by atoms with van der Waals surface area (Å²) in [6, 6.07) is 0.370. The first kappa shape index (κ1) is 16.6. The van der Waals surface area contributed by atoms with Crippen molar-refractivity contribution in [3.05, 3.63) is 31.9 Å². The maximum Gasteiger partial charge on any atom is 0.0897 e. The quantitative estimate of drug-likeness (QED) is 0.812. The van der Waals surface area contributed by atoms with E-state index in [1.165, 1.54) is 15.9 Å². The third kappa shape index (κ3) is 3.93. The molecule has 116 valence electrons. The number of hydrogen-bond acceptors (Lipinski definition) is 4. The monoisotopic (exact) mass is 370 g/mol. The van der Waals surface area contributed by atoms with Gasteiger partial charge in [-0.15, -0.1) is 11.3 Å². The second-order valence-electron chi connectivity index (χ2n) is 5.13. The summed E-state index contributed by atoms with van der Waals surface area (Å²) in [5.41, 5.74) is 3.60. The predicted molar refractivity (Wildman–Crippen MR) is 92.1 cm³/mol. The van der Waals surface area contributed by atoms with Gasteiger partial charge in [-0.3, -0.25) is 4.68 Å². The first-order chi connectivity index (χ1) is 10.1. The lowest BCUT2D eigenvalue weighted by molar-refractivity contribution is 0.515. The molecule has 0 aliphatic heterocycles. The fraction of sp³-hybridized carbons (Fsp3) is 0.600. The second-order valence-corrected chi connectivity index (χ2v) is 6.98. The summed E-state index contributed by atoms with van der Waals surface area (Å²) in [5, 5.41) is 11.4. The average Bonchev–Trinajstić information content (AvgIpc) is 3.02. The van der Waals surface area contributed by atoms with Crippen LogP contribution in [0.1, 0.15) is 35.9 Å². The Hall–Kier alpha value is -0.720. The van der Waals surface area contributed by atoms with Crippen LogP contribution in [-0.2, 0) is 25.8 Å². The van der Waals surface area contributed by atoms with Crippen LogP contribution in [0.2, 0.25) is 0 Å². The van der Waals surface area contributed by atoms with Crippen LogP contribution in [0.15, 0.2) is 9.85 Å². The van der Waals surface area contributed by atoms with E-state index in [9.17, 15) is 0 Å². The highest BCUT2D eigenvalue weighted by molar-refractivity contribution is 9.10. The first-order valence-corrected chi connectivity index (χ1v) is 9.08. The lowest BCUT2D eigenvalue weighted by Gasteiger charge is -2.16. The average molecular weight is 371 g/mol. The Morgan fingerprint density at radius 3 is 2.67 bits per heavy atom. The number of hydrogen-bond donors (Lipinski definition) is 1. The maximum absolute atomic E-state index is 4.67. The molecule has 0 saturated heterocycles. The van der Waals surface area contributed by atoms with Crippen LogP contribution in [-0.4, -0.2) is 27.9 Å². The summed E-state index contributed by atoms with van der Waals surface area (Å²) < 4.78 is 3.28. The highest BCUT2D eigenvalue weighted by Crippen LogP contribution is 2.24. The van der Waals surface area contributed by atoms with Crippen LogP contribution in [0.5, 0.6) is 0 Å². The van der Waals surface area contributed by atoms with E-state index in [4.69, 9.17) is 0 Å². The molecular formula is C15H23BrN4S. The van der Waals surface area contributed by atoms with Gasteiger partial charge < -0.3 is 5.32 Å². The van der Waals surface area contributed by atoms with E-state index in [-0.39, 0.29) is 0 Å². The summed E-state index contributed by atoms with van der Waals surface area (Å²) in [6.45, 7) is 7.24. The summed E-state index contributed by atoms with van der Waals surface area (Å²) >= 11 is 5.44. The minimum Gasteiger partial charge on any atom is -0.316 e. The first-order valence-electron chi connectivity index (χ1n) is 7.41. The van der Waals surface area contributed by atoms with Gasteiger partial charge in [-0.05, 0) is 43.2 Å². The molecule has 2 rings (SSSR count). The normalized spacial score (nSPS) is 12.8. The van der Waals surface area contributed by atoms with Gasteiger partial charge >= 0.3 is 0 Å². The van der Waals surface area contributed by atoms with Gasteiger partial charge in [-0.2, -0.15) is 5.10 Å². The van der Waals surface area contributed by atoms with E-state index in [1.54, 1.807) is 11.3 Å². The Morgan fingerprint density at radius 2 is 2.14 bits per heavy atom. The molecule has 0 saturated carbocycles. The van der Waals surface area contributed by atoms with Crippen molar-refractivity contribution < 1.29 is 0 Å². The Bertz CT molecular complexity index is 591. The molecule has 2 aromatic heterocycles. The number of nitrogens with one attached hydrogen (secondary N) is 1. The Balaban J connectivity index is 2.16. The summed E-state index contributed by atoms with van der Waals surface area (Å²) in [6.07, 6.45) is 2.86. The summed E-state index contributed by atoms with van der Waals surface area (Å²) in [4.78, 5) is 4.57. The van der Waals surface area contributed by atoms with Crippen LogP contribution in [0.4, 0.5) is 0 Å². The maximum atomic E-state index is 4.67. The van der Waals surface area contributed by atoms with Crippen molar-refractivity contribution in [1.29, 1.82) is 0 Å². The molecular weight excluding hydrogens is 348 g/mol. The van der Waals surface area contributed by atoms with Gasteiger partial charge in [-0.25, -0.2) is 4.98 Å². The van der Waals surface area contributed by atoms with E-state index in [0.29, 0.717) is 6.04 Å². The smallest absolute Gasteiger partial charge is 0.0897 e. The number of aryl methyl sites for hydroxylation is 3. The topological polar surface area (TPSA) is 42.7 Å². The van der Waals surface area contributed by atoms with Crippen LogP contribution in [0.3, 0.4) is 0 Å². The number of nitrogens with zero attached hydrogens (tertiary/aromatic N) is 3. The van der Waals surface area contributed by atoms with Crippen molar-refractivity contribution in [1.82, 2.24) is 20.1 Å². The molecule has 1 N–H and O–H groups in total. The summed E-state index contributed by atoms with van der Waals surface area (Å²) in [5.74, 6) is 0. The molecule has 0 radical (unpaired) electrons. The second kappa shape index (κ2) is 7.51. The zero-order valence-electron chi connectivity index (χ0n) is 13.1. The van der Waals surface area contributed by atoms with Crippen molar-refractivity contribution in [2.45, 2.75) is 52.6 Å². The Labute approximate surface area is 139 Å². The van der Waals surface area contributed by atoms with Crippen molar-refractivity contribution >= 4 is 27.3 Å². The lowest BCUT2D eigenvalue weighted by atomic mass is 10.1. The predicted octanol–water partition coefficient (Wildman–Crippen LogP) is 3.37. The van der Waals surface area contributed by atoms with E-state index in [2.05, 4.69) is 62.2 Å². The number of aromatic nitrogens is 3. The van der Waals surface area contributed by atoms with Gasteiger partial charge in [0.2, 0.25) is 0 Å². The van der Waals surface area contributed by atoms with E-state index in [0.717, 1.165) is 36.5 Å². The van der Waals surface area contributed by atoms with Gasteiger partial charge in [0.15, 0.2) is 0 Å². The van der Waals surface area contributed by atoms with E-state index in [1.807, 2.05) is 7.05 Å². The third-order valence-electron chi connectivity index (χ3n) is 3.66. The van der Waals surface area contributed by atoms with Crippen molar-refractivity contribution in [2.24, 2.45) is 0 Å². The van der Waals surface area contributed by atoms with Gasteiger partial charge in [0.25, 0.3) is 0 Å². The van der Waals surface area contributed by atoms with Gasteiger partial charge in [0, 0.05) is 30.8 Å². The fourth-order valence-electron chi connectivity index (χ4n) is 2.48. The van der Waals surface area contributed by atoms with Crippen molar-refractivity contribution in [3.63, 3.8) is 0 Å². The molecule has 0 amide bonds. The van der Waals surface area contributed by atoms with Crippen LogP contribution in [0.25, 0.3) is 0 Å². The SMILES string of the molecule is CCc1nn(CC)c(CC(Cc2csc(C)n2)NC)c1Br. The van der Waals surface area contributed by atoms with Crippen molar-refractivity contribution in [2.75, 3.05) is 7.05 Å². The largest absolute Gasteiger partial charge is 0.316 e. The van der Waals surface area contributed by atoms with Crippen LogP contribution < -0.4 is 5.32 Å². The molecule has 2 heterocycles. The summed E-state index contributed by atoms with van der Waals surface area (Å²) in [7, 11) is 2.02. The minimum atomic E-state index is 0.370. The number of thiazole rings is 1. The van der Waals surface area contributed by atoms with Crippen LogP contribution in [0, 0.1) is 6.92 Å². The van der Waals surface area contributed by atoms with Gasteiger partial charge in [0.1, 0.15) is 0 Å². The molecule has 0 aromatic carbocycles.